The summed E-state index contributed by atoms with van der Waals surface area (Å²) >= 11 is 1.18. The molecule has 1 aromatic heterocycles. The first-order chi connectivity index (χ1) is 13.5. The molecule has 1 amide bonds. The van der Waals surface area contributed by atoms with Crippen LogP contribution in [0.5, 0.6) is 0 Å². The molecule has 0 aliphatic carbocycles. The Labute approximate surface area is 163 Å². The van der Waals surface area contributed by atoms with Gasteiger partial charge in [-0.2, -0.15) is 0 Å². The number of amides is 1. The summed E-state index contributed by atoms with van der Waals surface area (Å²) in [6.45, 7) is -0.166. The number of amidine groups is 1. The Morgan fingerprint density at radius 1 is 1.21 bits per heavy atom. The summed E-state index contributed by atoms with van der Waals surface area (Å²) in [6, 6.07) is 13.1. The van der Waals surface area contributed by atoms with Crippen molar-refractivity contribution in [2.24, 2.45) is 4.99 Å². The third kappa shape index (κ3) is 3.67. The molecule has 2 N–H and O–H groups in total. The number of hydrogen-bond donors (Lipinski definition) is 2. The van der Waals surface area contributed by atoms with Crippen LogP contribution in [0.25, 0.3) is 17.0 Å². The van der Waals surface area contributed by atoms with Crippen LogP contribution in [0, 0.1) is 5.82 Å². The summed E-state index contributed by atoms with van der Waals surface area (Å²) in [4.78, 5) is 28.2. The molecule has 0 bridgehead atoms. The second kappa shape index (κ2) is 7.32. The van der Waals surface area contributed by atoms with Crippen LogP contribution in [-0.4, -0.2) is 26.7 Å². The lowest BCUT2D eigenvalue weighted by Crippen LogP contribution is -2.19. The highest BCUT2D eigenvalue weighted by Crippen LogP contribution is 2.31. The minimum absolute atomic E-state index is 0.166. The number of fused-ring (bicyclic) bond motifs is 1. The summed E-state index contributed by atoms with van der Waals surface area (Å²) in [6.07, 6.45) is 3.43. The molecule has 2 aromatic carbocycles. The van der Waals surface area contributed by atoms with Gasteiger partial charge in [-0.25, -0.2) is 9.38 Å². The van der Waals surface area contributed by atoms with Gasteiger partial charge in [0.15, 0.2) is 5.17 Å². The van der Waals surface area contributed by atoms with E-state index in [-0.39, 0.29) is 18.3 Å². The summed E-state index contributed by atoms with van der Waals surface area (Å²) in [5.74, 6) is -1.59. The van der Waals surface area contributed by atoms with Gasteiger partial charge in [0.2, 0.25) is 0 Å². The van der Waals surface area contributed by atoms with Gasteiger partial charge in [-0.3, -0.25) is 9.59 Å². The first-order valence-electron chi connectivity index (χ1n) is 8.34. The van der Waals surface area contributed by atoms with E-state index in [4.69, 9.17) is 5.11 Å². The summed E-state index contributed by atoms with van der Waals surface area (Å²) in [7, 11) is 0. The first kappa shape index (κ1) is 18.0. The molecular weight excluding hydrogens is 381 g/mol. The van der Waals surface area contributed by atoms with E-state index in [0.29, 0.717) is 15.8 Å². The first-order valence-corrected chi connectivity index (χ1v) is 9.16. The van der Waals surface area contributed by atoms with E-state index >= 15 is 0 Å². The van der Waals surface area contributed by atoms with Gasteiger partial charge in [0.1, 0.15) is 12.4 Å². The molecule has 8 heteroatoms. The average molecular weight is 395 g/mol. The molecule has 0 spiro atoms. The predicted molar refractivity (Wildman–Crippen MR) is 107 cm³/mol. The summed E-state index contributed by atoms with van der Waals surface area (Å²) in [5.41, 5.74) is 2.06. The topological polar surface area (TPSA) is 83.7 Å². The van der Waals surface area contributed by atoms with Crippen molar-refractivity contribution in [3.05, 3.63) is 71.0 Å². The van der Waals surface area contributed by atoms with E-state index in [2.05, 4.69) is 10.3 Å². The molecule has 3 aromatic rings. The van der Waals surface area contributed by atoms with Crippen molar-refractivity contribution in [1.82, 2.24) is 9.88 Å². The van der Waals surface area contributed by atoms with Crippen LogP contribution in [0.1, 0.15) is 5.56 Å². The lowest BCUT2D eigenvalue weighted by Gasteiger charge is -1.99. The maximum absolute atomic E-state index is 13.0. The predicted octanol–water partition coefficient (Wildman–Crippen LogP) is 3.76. The third-order valence-electron chi connectivity index (χ3n) is 4.12. The number of halogens is 1. The van der Waals surface area contributed by atoms with Crippen LogP contribution in [0.4, 0.5) is 10.1 Å². The molecule has 140 valence electrons. The maximum atomic E-state index is 13.0. The molecule has 28 heavy (non-hydrogen) atoms. The number of carboxylic acids is 1. The van der Waals surface area contributed by atoms with Crippen molar-refractivity contribution in [1.29, 1.82) is 0 Å². The lowest BCUT2D eigenvalue weighted by atomic mass is 10.1. The van der Waals surface area contributed by atoms with Crippen LogP contribution in [0.15, 0.2) is 64.6 Å². The number of nitrogens with zero attached hydrogens (tertiary/aromatic N) is 2. The van der Waals surface area contributed by atoms with Crippen LogP contribution in [-0.2, 0) is 16.1 Å². The largest absolute Gasteiger partial charge is 0.480 e. The fraction of sp³-hybridized carbons (Fsp3) is 0.0500. The Bertz CT molecular complexity index is 1150. The smallest absolute Gasteiger partial charge is 0.323 e. The van der Waals surface area contributed by atoms with Crippen molar-refractivity contribution in [2.45, 2.75) is 6.54 Å². The van der Waals surface area contributed by atoms with Gasteiger partial charge in [0.05, 0.1) is 10.6 Å². The number of aliphatic carboxylic acids is 1. The Balaban J connectivity index is 1.67. The van der Waals surface area contributed by atoms with Gasteiger partial charge in [-0.15, -0.1) is 0 Å². The van der Waals surface area contributed by atoms with E-state index < -0.39 is 5.97 Å². The normalized spacial score (nSPS) is 16.8. The second-order valence-corrected chi connectivity index (χ2v) is 7.11. The van der Waals surface area contributed by atoms with E-state index in [1.807, 2.05) is 24.3 Å². The number of hydrogen-bond acceptors (Lipinski definition) is 4. The van der Waals surface area contributed by atoms with Gasteiger partial charge < -0.3 is 15.0 Å². The monoisotopic (exact) mass is 395 g/mol. The zero-order valence-electron chi connectivity index (χ0n) is 14.4. The molecule has 0 atom stereocenters. The number of para-hydroxylation sites is 1. The molecule has 1 fully saturated rings. The number of carbonyl (C=O) groups excluding carboxylic acids is 1. The molecule has 0 radical (unpaired) electrons. The average Bonchev–Trinajstić information content (AvgIpc) is 3.18. The van der Waals surface area contributed by atoms with Gasteiger partial charge >= 0.3 is 5.97 Å². The molecule has 2 heterocycles. The van der Waals surface area contributed by atoms with E-state index in [9.17, 15) is 14.0 Å². The minimum atomic E-state index is -0.943. The van der Waals surface area contributed by atoms with Crippen LogP contribution >= 0.6 is 11.8 Å². The Morgan fingerprint density at radius 3 is 2.71 bits per heavy atom. The van der Waals surface area contributed by atoms with Gasteiger partial charge in [0.25, 0.3) is 5.91 Å². The SMILES string of the molecule is O=C(O)Cn1cc(/C=C2/SC(=Nc3ccc(F)cc3)NC2=O)c2ccccc21. The van der Waals surface area contributed by atoms with E-state index in [1.54, 1.807) is 16.8 Å². The quantitative estimate of drug-likeness (QED) is 0.659. The molecule has 1 aliphatic rings. The zero-order valence-corrected chi connectivity index (χ0v) is 15.2. The Hall–Kier alpha value is -3.39. The Morgan fingerprint density at radius 2 is 1.96 bits per heavy atom. The van der Waals surface area contributed by atoms with E-state index in [0.717, 1.165) is 16.5 Å². The van der Waals surface area contributed by atoms with Gasteiger partial charge in [0, 0.05) is 22.7 Å². The molecular formula is C20H14FN3O3S. The molecule has 4 rings (SSSR count). The van der Waals surface area contributed by atoms with Crippen molar-refractivity contribution >= 4 is 51.5 Å². The zero-order chi connectivity index (χ0) is 19.7. The number of nitrogens with one attached hydrogen (secondary N) is 1. The van der Waals surface area contributed by atoms with Crippen LogP contribution in [0.3, 0.4) is 0 Å². The highest BCUT2D eigenvalue weighted by atomic mass is 32.2. The molecule has 0 unspecified atom stereocenters. The van der Waals surface area contributed by atoms with Gasteiger partial charge in [-0.1, -0.05) is 18.2 Å². The van der Waals surface area contributed by atoms with E-state index in [1.165, 1.54) is 36.0 Å². The Kier molecular flexibility index (Phi) is 4.70. The maximum Gasteiger partial charge on any atom is 0.323 e. The minimum Gasteiger partial charge on any atom is -0.480 e. The second-order valence-electron chi connectivity index (χ2n) is 6.08. The number of thioether (sulfide) groups is 1. The summed E-state index contributed by atoms with van der Waals surface area (Å²) < 4.78 is 14.6. The number of rotatable bonds is 4. The van der Waals surface area contributed by atoms with Crippen molar-refractivity contribution < 1.29 is 19.1 Å². The standard InChI is InChI=1S/C20H14FN3O3S/c21-13-5-7-14(8-6-13)22-20-23-19(27)17(28-20)9-12-10-24(11-18(25)26)16-4-2-1-3-15(12)16/h1-10H,11H2,(H,25,26)(H,22,23,27)/b17-9+. The fourth-order valence-electron chi connectivity index (χ4n) is 2.92. The number of carbonyl (C=O) groups is 2. The molecule has 1 aliphatic heterocycles. The van der Waals surface area contributed by atoms with Crippen molar-refractivity contribution in [2.75, 3.05) is 0 Å². The number of carboxylic acid groups (broad SMARTS) is 1. The van der Waals surface area contributed by atoms with Crippen molar-refractivity contribution in [3.63, 3.8) is 0 Å². The fourth-order valence-corrected chi connectivity index (χ4v) is 3.75. The molecule has 1 saturated heterocycles. The highest BCUT2D eigenvalue weighted by Gasteiger charge is 2.24. The van der Waals surface area contributed by atoms with Crippen molar-refractivity contribution in [3.8, 4) is 0 Å². The molecule has 0 saturated carbocycles. The molecule has 6 nitrogen and oxygen atoms in total. The number of benzene rings is 2. The number of aromatic nitrogens is 1. The summed E-state index contributed by atoms with van der Waals surface area (Å²) in [5, 5.41) is 13.1. The van der Waals surface area contributed by atoms with Crippen LogP contribution < -0.4 is 5.32 Å². The lowest BCUT2D eigenvalue weighted by molar-refractivity contribution is -0.137. The third-order valence-corrected chi connectivity index (χ3v) is 5.03. The highest BCUT2D eigenvalue weighted by molar-refractivity contribution is 8.18. The van der Waals surface area contributed by atoms with Crippen LogP contribution in [0.2, 0.25) is 0 Å². The van der Waals surface area contributed by atoms with Gasteiger partial charge in [-0.05, 0) is 48.2 Å². The number of aliphatic imine (C=N–C) groups is 1.